The van der Waals surface area contributed by atoms with Crippen molar-refractivity contribution >= 4 is 81.7 Å². The third kappa shape index (κ3) is 23.6. The number of hydrogen-bond donors (Lipinski definition) is 10. The number of halogens is 8. The number of carbonyl (C=O) groups is 6. The molecular formula is C95H100F8N32O13. The smallest absolute Gasteiger partial charge is 0.410 e. The Kier molecular flexibility index (Phi) is 29.1. The monoisotopic (exact) mass is 2050 g/mol. The summed E-state index contributed by atoms with van der Waals surface area (Å²) in [5.74, 6) is -14.7. The van der Waals surface area contributed by atoms with Gasteiger partial charge in [0.05, 0.1) is 63.1 Å². The van der Waals surface area contributed by atoms with Crippen molar-refractivity contribution in [2.24, 2.45) is 5.73 Å². The van der Waals surface area contributed by atoms with Gasteiger partial charge >= 0.3 is 18.2 Å². The molecule has 0 unspecified atom stereocenters. The first kappa shape index (κ1) is 104. The number of carboxylic acids is 1. The maximum atomic E-state index is 14.3. The van der Waals surface area contributed by atoms with Crippen molar-refractivity contribution < 1.29 is 96.1 Å². The number of pyridine rings is 4. The molecule has 4 fully saturated rings. The van der Waals surface area contributed by atoms with Gasteiger partial charge in [-0.05, 0) is 125 Å². The molecule has 774 valence electrons. The maximum absolute atomic E-state index is 14.3. The van der Waals surface area contributed by atoms with Crippen molar-refractivity contribution in [2.75, 3.05) is 82.3 Å². The van der Waals surface area contributed by atoms with Gasteiger partial charge in [-0.1, -0.05) is 0 Å². The van der Waals surface area contributed by atoms with Gasteiger partial charge in [-0.25, -0.2) is 129 Å². The molecule has 16 aromatic rings. The Balaban J connectivity index is 0.000000135. The summed E-state index contributed by atoms with van der Waals surface area (Å²) >= 11 is 0. The molecule has 0 saturated carbocycles. The van der Waals surface area contributed by atoms with E-state index in [2.05, 4.69) is 101 Å². The molecule has 45 nitrogen and oxygen atoms in total. The molecule has 0 radical (unpaired) electrons. The molecule has 4 atom stereocenters. The van der Waals surface area contributed by atoms with Crippen LogP contribution in [0, 0.1) is 27.7 Å². The maximum Gasteiger partial charge on any atom is 0.410 e. The zero-order valence-electron chi connectivity index (χ0n) is 81.2. The first-order chi connectivity index (χ1) is 70.0. The molecule has 20 heterocycles. The van der Waals surface area contributed by atoms with Crippen LogP contribution in [0.25, 0.3) is 114 Å². The molecule has 5 amide bonds. The fourth-order valence-corrected chi connectivity index (χ4v) is 16.6. The molecule has 0 aromatic carbocycles. The molecule has 20 rings (SSSR count). The largest absolute Gasteiger partial charge is 0.476 e. The Bertz CT molecular complexity index is 7620. The van der Waals surface area contributed by atoms with E-state index in [0.717, 1.165) is 49.5 Å². The number of likely N-dealkylation sites (N-methyl/N-ethyl adjacent to an activating group) is 1. The van der Waals surface area contributed by atoms with Gasteiger partial charge < -0.3 is 99.8 Å². The normalized spacial score (nSPS) is 17.1. The number of oxazole rings is 4. The van der Waals surface area contributed by atoms with Gasteiger partial charge in [0.25, 0.3) is 41.4 Å². The standard InChI is InChI=1S/C26H28F2N8O4.C22H22F2N8O2.C21H20F2N8O2.C16H12N6O3.C10H18F2N2O2/c1-14-10-31-17-6-5-15(12-35(14)17)18-19(23-30-7-8-39-23)34-21(29)20(33-18)22(37)32-11-16-9-26(27,28)13-36(16)24(38)40-25(2,3)4;1-12-8-27-15-4-3-13(10-32(12)15)16-17(21-26-5-6-34-21)30-19(25)18(29-16)20(33)28-9-14-7-22(23,24)11-31(14)2;1-11-7-26-14-3-2-12(9-31(11)14)15-16(20-25-4-5-33-20)30-18(24)17(29-15)19(32)27-8-13-6-21(22,23)10-28-13;1-8-6-19-10-3-2-9(7-22(8)10)11-12(15-18-4-5-25-15)21-14(17)13(20-11)16(23)24;1-9(2,3)16-8(15)14-6-10(11,12)4-7(14)5-13/h5-8,10,12,16H,9,11,13H2,1-4H3,(H2,29,34)(H,32,37);3-6,8,10,14H,7,9,11H2,1-2H3,(H2,25,30)(H,28,33);2-5,7,9,13,28H,6,8,10H2,1H3,(H2,24,30)(H,27,32);2-7H,1H3,(H2,17,21)(H,23,24);7H,4-6,13H2,1-3H3/t16-;14-;13-;;7-/m000.0/s1. The molecule has 148 heavy (non-hydrogen) atoms. The summed E-state index contributed by atoms with van der Waals surface area (Å²) in [4.78, 5) is 147. The molecule has 4 aliphatic heterocycles. The number of ether oxygens (including phenoxy) is 2. The first-order valence-corrected chi connectivity index (χ1v) is 45.8. The fraction of sp³-hybridized carbons (Fsp3) is 0.347. The zero-order chi connectivity index (χ0) is 106. The number of hydrogen-bond acceptors (Lipinski definition) is 35. The Morgan fingerprint density at radius 1 is 0.405 bits per heavy atom. The number of imidazole rings is 4. The van der Waals surface area contributed by atoms with Gasteiger partial charge in [0, 0.05) is 159 Å². The van der Waals surface area contributed by atoms with Crippen LogP contribution in [0.15, 0.2) is 166 Å². The van der Waals surface area contributed by atoms with Gasteiger partial charge in [-0.3, -0.25) is 29.1 Å². The Morgan fingerprint density at radius 3 is 0.993 bits per heavy atom. The fourth-order valence-electron chi connectivity index (χ4n) is 16.6. The van der Waals surface area contributed by atoms with Crippen LogP contribution >= 0.6 is 0 Å². The second-order valence-electron chi connectivity index (χ2n) is 37.2. The topological polar surface area (TPSA) is 605 Å². The summed E-state index contributed by atoms with van der Waals surface area (Å²) in [7, 11) is 1.60. The summed E-state index contributed by atoms with van der Waals surface area (Å²) in [5.41, 5.74) is 38.3. The predicted molar refractivity (Wildman–Crippen MR) is 516 cm³/mol. The SMILES string of the molecule is CC(C)(C)OC(=O)N1CC(F)(F)C[C@H]1CN.Cc1cnc2ccc(-c3nc(C(=O)NC[C@@H]4CC(F)(F)CN4)c(N)nc3-c3ncco3)cn12.Cc1cnc2ccc(-c3nc(C(=O)NC[C@@H]4CC(F)(F)CN4C(=O)OC(C)(C)C)c(N)nc3-c3ncco3)cn12.Cc1cnc2ccc(-c3nc(C(=O)NC[C@@H]4CC(F)(F)CN4C)c(N)nc3-c3ncco3)cn12.Cc1cnc2ccc(-c3nc(C(=O)O)c(N)nc3-c3ncco3)cn12. The molecule has 0 bridgehead atoms. The highest BCUT2D eigenvalue weighted by molar-refractivity contribution is 6.00. The van der Waals surface area contributed by atoms with Gasteiger partial charge in [0.2, 0.25) is 23.6 Å². The number of likely N-dealkylation sites (tertiary alicyclic amines) is 3. The number of fused-ring (bicyclic) bond motifs is 4. The molecule has 0 spiro atoms. The lowest BCUT2D eigenvalue weighted by atomic mass is 10.1. The minimum Gasteiger partial charge on any atom is -0.476 e. The van der Waals surface area contributed by atoms with E-state index < -0.39 is 121 Å². The first-order valence-electron chi connectivity index (χ1n) is 45.8. The molecule has 4 aliphatic rings. The minimum absolute atomic E-state index is 0.00651. The van der Waals surface area contributed by atoms with Crippen LogP contribution in [0.3, 0.4) is 0 Å². The van der Waals surface area contributed by atoms with E-state index in [-0.39, 0.29) is 150 Å². The molecular weight excluding hydrogens is 1950 g/mol. The van der Waals surface area contributed by atoms with Crippen molar-refractivity contribution in [1.29, 1.82) is 0 Å². The Labute approximate surface area is 834 Å². The number of amides is 5. The number of nitrogens with two attached hydrogens (primary N) is 5. The van der Waals surface area contributed by atoms with Crippen LogP contribution in [-0.2, 0) is 9.47 Å². The Hall–Kier alpha value is -17.1. The van der Waals surface area contributed by atoms with Crippen molar-refractivity contribution in [1.82, 2.24) is 133 Å². The van der Waals surface area contributed by atoms with Crippen LogP contribution in [0.4, 0.5) is 68.0 Å². The van der Waals surface area contributed by atoms with E-state index in [1.165, 1.54) is 54.7 Å². The highest BCUT2D eigenvalue weighted by atomic mass is 19.3. The lowest BCUT2D eigenvalue weighted by molar-refractivity contribution is -0.00240. The molecule has 53 heteroatoms. The summed E-state index contributed by atoms with van der Waals surface area (Å²) in [6.07, 6.45) is 22.2. The van der Waals surface area contributed by atoms with Crippen LogP contribution in [0.5, 0.6) is 0 Å². The summed E-state index contributed by atoms with van der Waals surface area (Å²) in [5, 5.41) is 19.9. The number of anilines is 4. The van der Waals surface area contributed by atoms with Gasteiger partial charge in [0.15, 0.2) is 68.8 Å². The number of carboxylic acid groups (broad SMARTS) is 1. The summed E-state index contributed by atoms with van der Waals surface area (Å²) < 4.78 is 148. The van der Waals surface area contributed by atoms with Crippen molar-refractivity contribution in [3.05, 3.63) is 193 Å². The number of aromatic nitrogens is 20. The lowest BCUT2D eigenvalue weighted by Gasteiger charge is -2.28. The van der Waals surface area contributed by atoms with E-state index in [1.54, 1.807) is 122 Å². The molecule has 4 saturated heterocycles. The van der Waals surface area contributed by atoms with Crippen LogP contribution in [0.1, 0.15) is 132 Å². The highest BCUT2D eigenvalue weighted by Gasteiger charge is 2.50. The second kappa shape index (κ2) is 41.5. The summed E-state index contributed by atoms with van der Waals surface area (Å²) in [6.45, 7) is 15.2. The highest BCUT2D eigenvalue weighted by Crippen LogP contribution is 2.40. The van der Waals surface area contributed by atoms with Crippen LogP contribution in [0.2, 0.25) is 0 Å². The second-order valence-corrected chi connectivity index (χ2v) is 37.2. The van der Waals surface area contributed by atoms with E-state index in [9.17, 15) is 69.0 Å². The van der Waals surface area contributed by atoms with E-state index >= 15 is 0 Å². The number of nitrogens with zero attached hydrogens (tertiary/aromatic N) is 23. The van der Waals surface area contributed by atoms with E-state index in [0.29, 0.717) is 45.0 Å². The number of aryl methyl sites for hydroxylation is 4. The minimum atomic E-state index is -3.12. The average molecular weight is 2050 g/mol. The number of nitrogen functional groups attached to an aromatic ring is 4. The van der Waals surface area contributed by atoms with Gasteiger partial charge in [-0.2, -0.15) is 0 Å². The third-order valence-corrected chi connectivity index (χ3v) is 23.6. The number of carbonyl (C=O) groups excluding carboxylic acids is 5. The van der Waals surface area contributed by atoms with Crippen LogP contribution in [-0.4, -0.2) is 271 Å². The molecule has 0 aliphatic carbocycles. The van der Waals surface area contributed by atoms with Gasteiger partial charge in [0.1, 0.15) is 81.6 Å². The van der Waals surface area contributed by atoms with Crippen molar-refractivity contribution in [3.8, 4) is 91.4 Å². The predicted octanol–water partition coefficient (Wildman–Crippen LogP) is 11.8. The Morgan fingerprint density at radius 2 is 0.703 bits per heavy atom. The average Bonchev–Trinajstić information content (AvgIpc) is 1.25. The number of nitrogens with one attached hydrogen (secondary N) is 4. The number of alkyl halides is 8. The zero-order valence-corrected chi connectivity index (χ0v) is 81.2. The number of rotatable bonds is 19. The number of aromatic carboxylic acids is 1. The molecule has 16 aromatic heterocycles. The summed E-state index contributed by atoms with van der Waals surface area (Å²) in [6, 6.07) is 11.7. The van der Waals surface area contributed by atoms with Gasteiger partial charge in [-0.15, -0.1) is 0 Å². The van der Waals surface area contributed by atoms with Crippen LogP contribution < -0.4 is 49.9 Å². The quantitative estimate of drug-likeness (QED) is 0.0336. The van der Waals surface area contributed by atoms with Crippen molar-refractivity contribution in [3.63, 3.8) is 0 Å². The molecule has 15 N–H and O–H groups in total. The van der Waals surface area contributed by atoms with E-state index in [1.807, 2.05) is 69.8 Å². The lowest BCUT2D eigenvalue weighted by Crippen LogP contribution is -2.45. The van der Waals surface area contributed by atoms with E-state index in [4.69, 9.17) is 55.8 Å². The third-order valence-electron chi connectivity index (χ3n) is 23.6. The van der Waals surface area contributed by atoms with Crippen molar-refractivity contribution in [2.45, 2.75) is 154 Å².